The van der Waals surface area contributed by atoms with Crippen LogP contribution in [0.1, 0.15) is 5.56 Å². The number of nitrogens with zero attached hydrogens (tertiary/aromatic N) is 2. The summed E-state index contributed by atoms with van der Waals surface area (Å²) in [6.07, 6.45) is 0. The summed E-state index contributed by atoms with van der Waals surface area (Å²) in [6.45, 7) is 1.66. The zero-order chi connectivity index (χ0) is 13.8. The Morgan fingerprint density at radius 2 is 2.11 bits per heavy atom. The number of hydrogen-bond acceptors (Lipinski definition) is 4. The number of quaternary nitrogens is 1. The number of benzene rings is 1. The molecule has 2 N–H and O–H groups in total. The van der Waals surface area contributed by atoms with Gasteiger partial charge in [-0.25, -0.2) is 0 Å². The van der Waals surface area contributed by atoms with Crippen molar-refractivity contribution in [1.29, 1.82) is 0 Å². The summed E-state index contributed by atoms with van der Waals surface area (Å²) in [5.41, 5.74) is 1.25. The molecule has 1 heterocycles. The molecule has 2 rings (SSSR count). The van der Waals surface area contributed by atoms with E-state index in [0.717, 1.165) is 27.3 Å². The fraction of sp³-hybridized carbons (Fsp3) is 0.333. The van der Waals surface area contributed by atoms with E-state index in [1.54, 1.807) is 0 Å². The van der Waals surface area contributed by atoms with E-state index in [1.165, 1.54) is 21.8 Å². The van der Waals surface area contributed by atoms with E-state index in [2.05, 4.69) is 17.5 Å². The first-order chi connectivity index (χ1) is 9.08. The van der Waals surface area contributed by atoms with Gasteiger partial charge in [0.15, 0.2) is 10.6 Å². The number of rotatable bonds is 5. The Labute approximate surface area is 126 Å². The van der Waals surface area contributed by atoms with Crippen molar-refractivity contribution in [3.05, 3.63) is 38.8 Å². The lowest BCUT2D eigenvalue weighted by Gasteiger charge is -2.13. The van der Waals surface area contributed by atoms with Crippen LogP contribution >= 0.6 is 35.2 Å². The number of aromatic nitrogens is 2. The molecule has 0 saturated heterocycles. The molecule has 4 nitrogen and oxygen atoms in total. The molecule has 1 unspecified atom stereocenters. The highest BCUT2D eigenvalue weighted by Crippen LogP contribution is 2.12. The van der Waals surface area contributed by atoms with Crippen LogP contribution in [0, 0.1) is 3.95 Å². The molecule has 1 aromatic carbocycles. The van der Waals surface area contributed by atoms with E-state index in [9.17, 15) is 0 Å². The van der Waals surface area contributed by atoms with E-state index in [0.29, 0.717) is 0 Å². The zero-order valence-electron chi connectivity index (χ0n) is 10.8. The monoisotopic (exact) mass is 315 g/mol. The second-order valence-electron chi connectivity index (χ2n) is 4.34. The zero-order valence-corrected chi connectivity index (χ0v) is 13.2. The highest BCUT2D eigenvalue weighted by molar-refractivity contribution is 7.73. The van der Waals surface area contributed by atoms with Gasteiger partial charge in [-0.15, -0.1) is 5.10 Å². The average molecular weight is 316 g/mol. The van der Waals surface area contributed by atoms with Crippen LogP contribution < -0.4 is 10.2 Å². The van der Waals surface area contributed by atoms with Gasteiger partial charge in [0.25, 0.3) is 0 Å². The molecule has 0 fully saturated rings. The largest absolute Gasteiger partial charge is 0.363 e. The Kier molecular flexibility index (Phi) is 4.93. The molecule has 1 atom stereocenters. The molecule has 0 aliphatic rings. The smallest absolute Gasteiger partial charge is 0.204 e. The van der Waals surface area contributed by atoms with Crippen LogP contribution in [0.3, 0.4) is 0 Å². The van der Waals surface area contributed by atoms with Crippen LogP contribution in [0.4, 0.5) is 5.13 Å². The summed E-state index contributed by atoms with van der Waals surface area (Å²) in [6, 6.07) is 7.92. The van der Waals surface area contributed by atoms with Crippen molar-refractivity contribution in [3.63, 3.8) is 0 Å². The second-order valence-corrected chi connectivity index (χ2v) is 6.40. The Balaban J connectivity index is 2.00. The molecule has 7 heteroatoms. The maximum absolute atomic E-state index is 5.88. The number of halogens is 1. The molecular formula is C12H16ClN4S2+. The third-order valence-corrected chi connectivity index (χ3v) is 4.24. The predicted octanol–water partition coefficient (Wildman–Crippen LogP) is 2.04. The lowest BCUT2D eigenvalue weighted by molar-refractivity contribution is -0.917. The van der Waals surface area contributed by atoms with Crippen LogP contribution in [0.15, 0.2) is 24.3 Å². The summed E-state index contributed by atoms with van der Waals surface area (Å²) >= 11 is 12.7. The van der Waals surface area contributed by atoms with Crippen molar-refractivity contribution in [2.75, 3.05) is 19.4 Å². The van der Waals surface area contributed by atoms with E-state index >= 15 is 0 Å². The minimum Gasteiger partial charge on any atom is -0.363 e. The van der Waals surface area contributed by atoms with Crippen molar-refractivity contribution < 1.29 is 4.90 Å². The van der Waals surface area contributed by atoms with Gasteiger partial charge >= 0.3 is 0 Å². The molecule has 0 bridgehead atoms. The summed E-state index contributed by atoms with van der Waals surface area (Å²) in [5.74, 6) is 0. The standard InChI is InChI=1S/C12H15ClN4S2/c1-14-11-15-17(12(18)19-11)8-16(2)7-9-3-5-10(13)6-4-9/h3-6H,7-8H2,1-2H3,(H,14,15)/p+1. The third kappa shape index (κ3) is 4.01. The minimum absolute atomic E-state index is 0.750. The van der Waals surface area contributed by atoms with Crippen LogP contribution in [0.25, 0.3) is 0 Å². The molecule has 2 aromatic rings. The van der Waals surface area contributed by atoms with Crippen LogP contribution in [0.5, 0.6) is 0 Å². The molecule has 102 valence electrons. The molecule has 0 saturated carbocycles. The Hall–Kier alpha value is -0.950. The van der Waals surface area contributed by atoms with Crippen molar-refractivity contribution >= 4 is 40.3 Å². The van der Waals surface area contributed by atoms with Gasteiger partial charge in [0, 0.05) is 17.6 Å². The minimum atomic E-state index is 0.750. The van der Waals surface area contributed by atoms with Crippen molar-refractivity contribution in [1.82, 2.24) is 9.78 Å². The quantitative estimate of drug-likeness (QED) is 0.829. The van der Waals surface area contributed by atoms with E-state index < -0.39 is 0 Å². The lowest BCUT2D eigenvalue weighted by Crippen LogP contribution is -3.07. The van der Waals surface area contributed by atoms with Crippen LogP contribution in [-0.2, 0) is 13.2 Å². The van der Waals surface area contributed by atoms with Crippen molar-refractivity contribution in [2.24, 2.45) is 0 Å². The fourth-order valence-corrected chi connectivity index (χ4v) is 2.86. The van der Waals surface area contributed by atoms with E-state index in [4.69, 9.17) is 23.8 Å². The second kappa shape index (κ2) is 6.47. The number of hydrogen-bond donors (Lipinski definition) is 2. The van der Waals surface area contributed by atoms with Gasteiger partial charge in [-0.3, -0.25) is 0 Å². The maximum atomic E-state index is 5.88. The molecule has 0 spiro atoms. The van der Waals surface area contributed by atoms with Gasteiger partial charge in [0.2, 0.25) is 5.13 Å². The maximum Gasteiger partial charge on any atom is 0.204 e. The average Bonchev–Trinajstić information content (AvgIpc) is 2.73. The molecular weight excluding hydrogens is 300 g/mol. The molecule has 0 radical (unpaired) electrons. The van der Waals surface area contributed by atoms with Gasteiger partial charge < -0.3 is 10.2 Å². The molecule has 0 amide bonds. The van der Waals surface area contributed by atoms with Gasteiger partial charge in [0.1, 0.15) is 6.54 Å². The van der Waals surface area contributed by atoms with Gasteiger partial charge in [0.05, 0.1) is 7.05 Å². The van der Waals surface area contributed by atoms with Crippen LogP contribution in [0.2, 0.25) is 5.02 Å². The Morgan fingerprint density at radius 1 is 1.42 bits per heavy atom. The predicted molar refractivity (Wildman–Crippen MR) is 82.5 cm³/mol. The summed E-state index contributed by atoms with van der Waals surface area (Å²) in [5, 5.41) is 9.03. The summed E-state index contributed by atoms with van der Waals surface area (Å²) < 4.78 is 2.65. The lowest BCUT2D eigenvalue weighted by atomic mass is 10.2. The summed E-state index contributed by atoms with van der Waals surface area (Å²) in [7, 11) is 3.97. The van der Waals surface area contributed by atoms with Crippen LogP contribution in [-0.4, -0.2) is 23.9 Å². The van der Waals surface area contributed by atoms with Gasteiger partial charge in [-0.05, 0) is 24.4 Å². The van der Waals surface area contributed by atoms with Crippen molar-refractivity contribution in [3.8, 4) is 0 Å². The van der Waals surface area contributed by atoms with E-state index in [1.807, 2.05) is 36.0 Å². The molecule has 1 aromatic heterocycles. The number of anilines is 1. The third-order valence-electron chi connectivity index (χ3n) is 2.66. The highest BCUT2D eigenvalue weighted by atomic mass is 35.5. The Bertz CT molecular complexity index is 591. The normalized spacial score (nSPS) is 12.4. The topological polar surface area (TPSA) is 34.3 Å². The number of nitrogens with one attached hydrogen (secondary N) is 2. The first-order valence-electron chi connectivity index (χ1n) is 5.90. The molecule has 19 heavy (non-hydrogen) atoms. The first-order valence-corrected chi connectivity index (χ1v) is 7.50. The molecule has 0 aliphatic heterocycles. The van der Waals surface area contributed by atoms with Gasteiger partial charge in [-0.2, -0.15) is 4.68 Å². The first kappa shape index (κ1) is 14.5. The van der Waals surface area contributed by atoms with Gasteiger partial charge in [-0.1, -0.05) is 35.1 Å². The fourth-order valence-electron chi connectivity index (χ4n) is 1.77. The SMILES string of the molecule is CNc1nn(C[NH+](C)Cc2ccc(Cl)cc2)c(=S)s1. The molecule has 0 aliphatic carbocycles. The summed E-state index contributed by atoms with van der Waals surface area (Å²) in [4.78, 5) is 1.31. The Morgan fingerprint density at radius 3 is 2.68 bits per heavy atom. The highest BCUT2D eigenvalue weighted by Gasteiger charge is 2.08. The van der Waals surface area contributed by atoms with Crippen molar-refractivity contribution in [2.45, 2.75) is 13.2 Å². The van der Waals surface area contributed by atoms with E-state index in [-0.39, 0.29) is 0 Å².